The van der Waals surface area contributed by atoms with Gasteiger partial charge in [-0.05, 0) is 30.3 Å². The minimum atomic E-state index is -0.617. The van der Waals surface area contributed by atoms with Gasteiger partial charge >= 0.3 is 5.97 Å². The van der Waals surface area contributed by atoms with Crippen LogP contribution in [0.5, 0.6) is 5.75 Å². The summed E-state index contributed by atoms with van der Waals surface area (Å²) in [6, 6.07) is 16.6. The molecule has 0 radical (unpaired) electrons. The second kappa shape index (κ2) is 10.6. The Hall–Kier alpha value is -2.18. The van der Waals surface area contributed by atoms with E-state index < -0.39 is 5.97 Å². The number of hydrogen-bond acceptors (Lipinski definition) is 5. The van der Waals surface area contributed by atoms with Crippen molar-refractivity contribution in [1.82, 2.24) is 5.32 Å². The van der Waals surface area contributed by atoms with Gasteiger partial charge in [0.2, 0.25) is 0 Å². The van der Waals surface area contributed by atoms with E-state index in [0.29, 0.717) is 17.3 Å². The standard InChI is InChI=1S/C18H18ClNO4S/c19-14-5-4-6-15(11-14)23-13-18(22)24-12-17(21)20-9-10-25-16-7-2-1-3-8-16/h1-8,11H,9-10,12-13H2,(H,20,21). The zero-order chi connectivity index (χ0) is 17.9. The molecule has 2 rings (SSSR count). The molecule has 0 saturated heterocycles. The molecule has 5 nitrogen and oxygen atoms in total. The maximum Gasteiger partial charge on any atom is 0.344 e. The monoisotopic (exact) mass is 379 g/mol. The Balaban J connectivity index is 1.55. The maximum atomic E-state index is 11.6. The number of nitrogens with one attached hydrogen (secondary N) is 1. The fourth-order valence-corrected chi connectivity index (χ4v) is 2.78. The van der Waals surface area contributed by atoms with Crippen LogP contribution in [0.15, 0.2) is 59.5 Å². The van der Waals surface area contributed by atoms with Crippen molar-refractivity contribution in [1.29, 1.82) is 0 Å². The SMILES string of the molecule is O=C(COC(=O)COc1cccc(Cl)c1)NCCSc1ccccc1. The first-order valence-electron chi connectivity index (χ1n) is 7.62. The highest BCUT2D eigenvalue weighted by Crippen LogP contribution is 2.17. The summed E-state index contributed by atoms with van der Waals surface area (Å²) in [6.07, 6.45) is 0. The molecule has 0 aliphatic rings. The molecule has 132 valence electrons. The minimum Gasteiger partial charge on any atom is -0.482 e. The average Bonchev–Trinajstić information content (AvgIpc) is 2.63. The van der Waals surface area contributed by atoms with Crippen LogP contribution in [0.2, 0.25) is 5.02 Å². The molecule has 1 N–H and O–H groups in total. The second-order valence-electron chi connectivity index (χ2n) is 4.92. The van der Waals surface area contributed by atoms with E-state index in [1.165, 1.54) is 0 Å². The topological polar surface area (TPSA) is 64.6 Å². The lowest BCUT2D eigenvalue weighted by Gasteiger charge is -2.08. The van der Waals surface area contributed by atoms with Crippen molar-refractivity contribution in [2.45, 2.75) is 4.90 Å². The van der Waals surface area contributed by atoms with Crippen LogP contribution in [0.1, 0.15) is 0 Å². The number of carbonyl (C=O) groups is 2. The van der Waals surface area contributed by atoms with E-state index in [0.717, 1.165) is 10.6 Å². The number of hydrogen-bond donors (Lipinski definition) is 1. The summed E-state index contributed by atoms with van der Waals surface area (Å²) in [5, 5.41) is 3.21. The highest BCUT2D eigenvalue weighted by Gasteiger charge is 2.08. The van der Waals surface area contributed by atoms with Gasteiger partial charge in [0, 0.05) is 22.2 Å². The summed E-state index contributed by atoms with van der Waals surface area (Å²) in [5.74, 6) is 0.243. The number of ether oxygens (including phenoxy) is 2. The van der Waals surface area contributed by atoms with E-state index in [-0.39, 0.29) is 19.1 Å². The van der Waals surface area contributed by atoms with Gasteiger partial charge in [-0.25, -0.2) is 4.79 Å². The highest BCUT2D eigenvalue weighted by atomic mass is 35.5. The van der Waals surface area contributed by atoms with Crippen LogP contribution in [0.25, 0.3) is 0 Å². The van der Waals surface area contributed by atoms with Crippen molar-refractivity contribution in [2.75, 3.05) is 25.5 Å². The molecule has 0 atom stereocenters. The van der Waals surface area contributed by atoms with Gasteiger partial charge in [-0.1, -0.05) is 35.9 Å². The lowest BCUT2D eigenvalue weighted by Crippen LogP contribution is -2.31. The van der Waals surface area contributed by atoms with Gasteiger partial charge in [-0.3, -0.25) is 4.79 Å². The Morgan fingerprint density at radius 2 is 1.84 bits per heavy atom. The summed E-state index contributed by atoms with van der Waals surface area (Å²) in [4.78, 5) is 24.3. The number of carbonyl (C=O) groups excluding carboxylic acids is 2. The second-order valence-corrected chi connectivity index (χ2v) is 6.52. The Morgan fingerprint density at radius 3 is 2.60 bits per heavy atom. The number of esters is 1. The van der Waals surface area contributed by atoms with E-state index in [1.54, 1.807) is 36.0 Å². The first-order valence-corrected chi connectivity index (χ1v) is 8.98. The number of rotatable bonds is 9. The van der Waals surface area contributed by atoms with Crippen molar-refractivity contribution < 1.29 is 19.1 Å². The third-order valence-corrected chi connectivity index (χ3v) is 4.20. The predicted molar refractivity (Wildman–Crippen MR) is 98.1 cm³/mol. The Morgan fingerprint density at radius 1 is 1.04 bits per heavy atom. The number of halogens is 1. The first-order chi connectivity index (χ1) is 12.1. The van der Waals surface area contributed by atoms with Crippen LogP contribution in [-0.2, 0) is 14.3 Å². The number of thioether (sulfide) groups is 1. The smallest absolute Gasteiger partial charge is 0.344 e. The lowest BCUT2D eigenvalue weighted by atomic mass is 10.3. The largest absolute Gasteiger partial charge is 0.482 e. The molecule has 0 spiro atoms. The summed E-state index contributed by atoms with van der Waals surface area (Å²) in [6.45, 7) is -0.111. The summed E-state index contributed by atoms with van der Waals surface area (Å²) in [5.41, 5.74) is 0. The summed E-state index contributed by atoms with van der Waals surface area (Å²) in [7, 11) is 0. The van der Waals surface area contributed by atoms with Crippen LogP contribution in [0.3, 0.4) is 0 Å². The number of amides is 1. The lowest BCUT2D eigenvalue weighted by molar-refractivity contribution is -0.150. The molecule has 0 fully saturated rings. The van der Waals surface area contributed by atoms with Gasteiger partial charge < -0.3 is 14.8 Å². The molecule has 0 bridgehead atoms. The maximum absolute atomic E-state index is 11.6. The molecule has 0 aliphatic heterocycles. The zero-order valence-electron chi connectivity index (χ0n) is 13.4. The molecule has 2 aromatic carbocycles. The van der Waals surface area contributed by atoms with Crippen LogP contribution in [-0.4, -0.2) is 37.4 Å². The quantitative estimate of drug-likeness (QED) is 0.412. The Kier molecular flexibility index (Phi) is 8.15. The van der Waals surface area contributed by atoms with Crippen molar-refractivity contribution in [3.63, 3.8) is 0 Å². The fraction of sp³-hybridized carbons (Fsp3) is 0.222. The van der Waals surface area contributed by atoms with Gasteiger partial charge in [0.15, 0.2) is 13.2 Å². The van der Waals surface area contributed by atoms with Crippen molar-refractivity contribution >= 4 is 35.2 Å². The van der Waals surface area contributed by atoms with E-state index in [1.807, 2.05) is 30.3 Å². The molecule has 1 amide bonds. The molecule has 2 aromatic rings. The van der Waals surface area contributed by atoms with Crippen LogP contribution >= 0.6 is 23.4 Å². The van der Waals surface area contributed by atoms with Gasteiger partial charge in [0.05, 0.1) is 0 Å². The normalized spacial score (nSPS) is 10.1. The van der Waals surface area contributed by atoms with Crippen molar-refractivity contribution in [2.24, 2.45) is 0 Å². The van der Waals surface area contributed by atoms with E-state index >= 15 is 0 Å². The van der Waals surface area contributed by atoms with Crippen molar-refractivity contribution in [3.05, 3.63) is 59.6 Å². The third-order valence-electron chi connectivity index (χ3n) is 2.95. The van der Waals surface area contributed by atoms with Gasteiger partial charge in [-0.15, -0.1) is 11.8 Å². The van der Waals surface area contributed by atoms with Crippen LogP contribution in [0, 0.1) is 0 Å². The zero-order valence-corrected chi connectivity index (χ0v) is 15.0. The van der Waals surface area contributed by atoms with Crippen LogP contribution < -0.4 is 10.1 Å². The molecule has 0 aromatic heterocycles. The minimum absolute atomic E-state index is 0.280. The Labute approximate surface area is 155 Å². The molecular formula is C18H18ClNO4S. The highest BCUT2D eigenvalue weighted by molar-refractivity contribution is 7.99. The van der Waals surface area contributed by atoms with Gasteiger partial charge in [0.25, 0.3) is 5.91 Å². The molecular weight excluding hydrogens is 362 g/mol. The van der Waals surface area contributed by atoms with Gasteiger partial charge in [0.1, 0.15) is 5.75 Å². The van der Waals surface area contributed by atoms with Crippen LogP contribution in [0.4, 0.5) is 0 Å². The molecule has 25 heavy (non-hydrogen) atoms. The number of benzene rings is 2. The molecule has 0 heterocycles. The van der Waals surface area contributed by atoms with E-state index in [2.05, 4.69) is 5.32 Å². The average molecular weight is 380 g/mol. The fourth-order valence-electron chi connectivity index (χ4n) is 1.81. The Bertz CT molecular complexity index is 696. The molecule has 0 unspecified atom stereocenters. The third kappa shape index (κ3) is 7.96. The molecule has 7 heteroatoms. The van der Waals surface area contributed by atoms with E-state index in [4.69, 9.17) is 21.1 Å². The van der Waals surface area contributed by atoms with Gasteiger partial charge in [-0.2, -0.15) is 0 Å². The van der Waals surface area contributed by atoms with E-state index in [9.17, 15) is 9.59 Å². The molecule has 0 saturated carbocycles. The van der Waals surface area contributed by atoms with Crippen molar-refractivity contribution in [3.8, 4) is 5.75 Å². The summed E-state index contributed by atoms with van der Waals surface area (Å²) >= 11 is 7.45. The summed E-state index contributed by atoms with van der Waals surface area (Å²) < 4.78 is 10.1. The predicted octanol–water partition coefficient (Wildman–Crippen LogP) is 3.17. The first kappa shape index (κ1) is 19.1. The molecule has 0 aliphatic carbocycles.